The van der Waals surface area contributed by atoms with E-state index in [1.54, 1.807) is 35.9 Å². The minimum atomic E-state index is -0.426. The van der Waals surface area contributed by atoms with Crippen LogP contribution in [0.1, 0.15) is 27.2 Å². The van der Waals surface area contributed by atoms with Crippen LogP contribution in [-0.4, -0.2) is 49.7 Å². The van der Waals surface area contributed by atoms with Crippen LogP contribution in [0.4, 0.5) is 5.82 Å². The van der Waals surface area contributed by atoms with E-state index in [4.69, 9.17) is 9.47 Å². The van der Waals surface area contributed by atoms with Gasteiger partial charge in [0.2, 0.25) is 5.95 Å². The minimum Gasteiger partial charge on any atom is -0.497 e. The molecule has 37 heavy (non-hydrogen) atoms. The molecule has 0 bridgehead atoms. The van der Waals surface area contributed by atoms with Gasteiger partial charge in [0.1, 0.15) is 22.7 Å². The van der Waals surface area contributed by atoms with Crippen molar-refractivity contribution in [3.05, 3.63) is 81.4 Å². The summed E-state index contributed by atoms with van der Waals surface area (Å²) in [7, 11) is 3.01. The van der Waals surface area contributed by atoms with Gasteiger partial charge in [-0.2, -0.15) is 19.9 Å². The van der Waals surface area contributed by atoms with Gasteiger partial charge in [0, 0.05) is 12.1 Å². The number of ether oxygens (including phenoxy) is 2. The van der Waals surface area contributed by atoms with E-state index >= 15 is 0 Å². The molecule has 1 amide bonds. The van der Waals surface area contributed by atoms with Gasteiger partial charge in [-0.15, -0.1) is 0 Å². The molecule has 2 aromatic carbocycles. The maximum atomic E-state index is 13.2. The van der Waals surface area contributed by atoms with E-state index in [1.165, 1.54) is 25.1 Å². The van der Waals surface area contributed by atoms with E-state index < -0.39 is 5.91 Å². The second-order valence-corrected chi connectivity index (χ2v) is 8.51. The molecule has 5 aromatic rings. The van der Waals surface area contributed by atoms with Crippen LogP contribution < -0.4 is 20.3 Å². The number of hydrogen-bond acceptors (Lipinski definition) is 7. The lowest BCUT2D eigenvalue weighted by Gasteiger charge is -2.12. The van der Waals surface area contributed by atoms with Crippen LogP contribution in [0.25, 0.3) is 22.7 Å². The number of aromatic nitrogens is 6. The van der Waals surface area contributed by atoms with Crippen LogP contribution in [0.2, 0.25) is 0 Å². The number of aryl methyl sites for hydroxylation is 2. The van der Waals surface area contributed by atoms with E-state index in [2.05, 4.69) is 25.5 Å². The average Bonchev–Trinajstić information content (AvgIpc) is 3.48. The summed E-state index contributed by atoms with van der Waals surface area (Å²) in [5.41, 5.74) is 3.84. The van der Waals surface area contributed by atoms with Crippen molar-refractivity contribution in [1.29, 1.82) is 0 Å². The van der Waals surface area contributed by atoms with Gasteiger partial charge >= 0.3 is 0 Å². The Morgan fingerprint density at radius 3 is 2.59 bits per heavy atom. The quantitative estimate of drug-likeness (QED) is 0.366. The molecule has 0 aliphatic carbocycles. The highest BCUT2D eigenvalue weighted by atomic mass is 16.5. The minimum absolute atomic E-state index is 0.134. The van der Waals surface area contributed by atoms with Crippen molar-refractivity contribution in [3.63, 3.8) is 0 Å². The fraction of sp³-hybridized carbons (Fsp3) is 0.192. The maximum Gasteiger partial charge on any atom is 0.263 e. The topological polar surface area (TPSA) is 129 Å². The van der Waals surface area contributed by atoms with Gasteiger partial charge in [-0.1, -0.05) is 12.1 Å². The van der Waals surface area contributed by atoms with Crippen molar-refractivity contribution < 1.29 is 14.3 Å². The Hall–Kier alpha value is -4.93. The zero-order chi connectivity index (χ0) is 26.3. The fourth-order valence-corrected chi connectivity index (χ4v) is 4.07. The zero-order valence-corrected chi connectivity index (χ0v) is 21.0. The van der Waals surface area contributed by atoms with Crippen molar-refractivity contribution in [1.82, 2.24) is 29.5 Å². The Balaban J connectivity index is 1.58. The standard InChI is InChI=1S/C26H25N7O4/c1-14-7-6-8-20(16(14)3)32-23-19(13-27-32)25(35)30-26(29-23)33-22(11-15(2)31-33)28-24(34)18-10-9-17(36-4)12-21(18)37-5/h6-13H,1-5H3,(H,28,34)(H,29,30,35). The number of hydrogen-bond donors (Lipinski definition) is 2. The molecule has 0 saturated carbocycles. The predicted molar refractivity (Wildman–Crippen MR) is 138 cm³/mol. The second kappa shape index (κ2) is 9.26. The summed E-state index contributed by atoms with van der Waals surface area (Å²) in [6.07, 6.45) is 1.49. The first kappa shape index (κ1) is 23.8. The molecule has 188 valence electrons. The van der Waals surface area contributed by atoms with Crippen LogP contribution in [0, 0.1) is 20.8 Å². The molecule has 0 aliphatic heterocycles. The number of amides is 1. The molecule has 11 nitrogen and oxygen atoms in total. The molecular formula is C26H25N7O4. The molecule has 5 rings (SSSR count). The average molecular weight is 500 g/mol. The summed E-state index contributed by atoms with van der Waals surface area (Å²) in [6.45, 7) is 5.77. The largest absolute Gasteiger partial charge is 0.497 e. The summed E-state index contributed by atoms with van der Waals surface area (Å²) < 4.78 is 13.6. The van der Waals surface area contributed by atoms with Gasteiger partial charge in [0.25, 0.3) is 11.5 Å². The number of nitrogens with zero attached hydrogens (tertiary/aromatic N) is 5. The highest BCUT2D eigenvalue weighted by molar-refractivity contribution is 6.06. The third kappa shape index (κ3) is 4.20. The van der Waals surface area contributed by atoms with Crippen molar-refractivity contribution in [2.45, 2.75) is 20.8 Å². The van der Waals surface area contributed by atoms with Crippen molar-refractivity contribution in [2.75, 3.05) is 19.5 Å². The first-order valence-electron chi connectivity index (χ1n) is 11.5. The fourth-order valence-electron chi connectivity index (χ4n) is 4.07. The third-order valence-corrected chi connectivity index (χ3v) is 6.16. The molecule has 0 radical (unpaired) electrons. The molecule has 2 N–H and O–H groups in total. The number of methoxy groups -OCH3 is 2. The van der Waals surface area contributed by atoms with Gasteiger partial charge in [0.15, 0.2) is 5.65 Å². The SMILES string of the molecule is COc1ccc(C(=O)Nc2cc(C)nn2-c2nc3c(cnn3-c3cccc(C)c3C)c(=O)[nH]2)c(OC)c1. The van der Waals surface area contributed by atoms with E-state index in [0.717, 1.165) is 16.8 Å². The summed E-state index contributed by atoms with van der Waals surface area (Å²) in [6, 6.07) is 12.4. The van der Waals surface area contributed by atoms with Crippen molar-refractivity contribution in [3.8, 4) is 23.1 Å². The van der Waals surface area contributed by atoms with Gasteiger partial charge in [0.05, 0.1) is 37.4 Å². The Bertz CT molecular complexity index is 1710. The maximum absolute atomic E-state index is 13.2. The molecule has 0 spiro atoms. The normalized spacial score (nSPS) is 11.1. The van der Waals surface area contributed by atoms with E-state index in [1.807, 2.05) is 32.0 Å². The van der Waals surface area contributed by atoms with Crippen LogP contribution in [-0.2, 0) is 0 Å². The van der Waals surface area contributed by atoms with E-state index in [-0.39, 0.29) is 11.5 Å². The monoisotopic (exact) mass is 499 g/mol. The highest BCUT2D eigenvalue weighted by Crippen LogP contribution is 2.26. The predicted octanol–water partition coefficient (Wildman–Crippen LogP) is 3.49. The number of anilines is 1. The number of benzene rings is 2. The van der Waals surface area contributed by atoms with Gasteiger partial charge < -0.3 is 14.8 Å². The molecule has 11 heteroatoms. The Labute approximate surface area is 211 Å². The first-order valence-corrected chi connectivity index (χ1v) is 11.5. The van der Waals surface area contributed by atoms with Gasteiger partial charge in [-0.25, -0.2) is 4.68 Å². The lowest BCUT2D eigenvalue weighted by molar-refractivity contribution is 0.102. The van der Waals surface area contributed by atoms with Crippen molar-refractivity contribution in [2.24, 2.45) is 0 Å². The Morgan fingerprint density at radius 1 is 1.03 bits per heavy atom. The Morgan fingerprint density at radius 2 is 1.84 bits per heavy atom. The van der Waals surface area contributed by atoms with Gasteiger partial charge in [-0.05, 0) is 50.1 Å². The van der Waals surface area contributed by atoms with Crippen LogP contribution >= 0.6 is 0 Å². The van der Waals surface area contributed by atoms with E-state index in [9.17, 15) is 9.59 Å². The number of fused-ring (bicyclic) bond motifs is 1. The number of aromatic amines is 1. The number of rotatable bonds is 6. The van der Waals surface area contributed by atoms with Gasteiger partial charge in [-0.3, -0.25) is 14.6 Å². The van der Waals surface area contributed by atoms with Crippen molar-refractivity contribution >= 4 is 22.8 Å². The number of carbonyl (C=O) groups excluding carboxylic acids is 1. The first-order chi connectivity index (χ1) is 17.8. The van der Waals surface area contributed by atoms with Crippen LogP contribution in [0.5, 0.6) is 11.5 Å². The summed E-state index contributed by atoms with van der Waals surface area (Å²) in [5.74, 6) is 0.940. The summed E-state index contributed by atoms with van der Waals surface area (Å²) >= 11 is 0. The molecule has 0 fully saturated rings. The second-order valence-electron chi connectivity index (χ2n) is 8.51. The number of carbonyl (C=O) groups is 1. The molecule has 0 unspecified atom stereocenters. The Kier molecular flexibility index (Phi) is 5.96. The molecule has 3 heterocycles. The molecule has 0 saturated heterocycles. The lowest BCUT2D eigenvalue weighted by atomic mass is 10.1. The highest BCUT2D eigenvalue weighted by Gasteiger charge is 2.20. The van der Waals surface area contributed by atoms with Crippen LogP contribution in [0.15, 0.2) is 53.5 Å². The zero-order valence-electron chi connectivity index (χ0n) is 21.0. The smallest absolute Gasteiger partial charge is 0.263 e. The third-order valence-electron chi connectivity index (χ3n) is 6.16. The number of nitrogens with one attached hydrogen (secondary N) is 2. The lowest BCUT2D eigenvalue weighted by Crippen LogP contribution is -2.19. The molecule has 0 aliphatic rings. The van der Waals surface area contributed by atoms with E-state index in [0.29, 0.717) is 39.6 Å². The summed E-state index contributed by atoms with van der Waals surface area (Å²) in [5, 5.41) is 12.0. The summed E-state index contributed by atoms with van der Waals surface area (Å²) in [4.78, 5) is 33.5. The number of H-pyrrole nitrogens is 1. The van der Waals surface area contributed by atoms with Crippen LogP contribution in [0.3, 0.4) is 0 Å². The molecule has 3 aromatic heterocycles. The molecular weight excluding hydrogens is 474 g/mol. The molecule has 0 atom stereocenters.